The third kappa shape index (κ3) is 7.63. The number of nitrogens with one attached hydrogen (secondary N) is 2. The van der Waals surface area contributed by atoms with Crippen LogP contribution in [-0.2, 0) is 9.59 Å². The summed E-state index contributed by atoms with van der Waals surface area (Å²) in [6.07, 6.45) is 5.28. The molecule has 4 rings (SSSR count). The van der Waals surface area contributed by atoms with Crippen LogP contribution in [-0.4, -0.2) is 64.7 Å². The van der Waals surface area contributed by atoms with Gasteiger partial charge in [-0.25, -0.2) is 14.6 Å². The van der Waals surface area contributed by atoms with Crippen LogP contribution in [0.4, 0.5) is 4.79 Å². The zero-order valence-electron chi connectivity index (χ0n) is 23.7. The number of nitrogens with zero attached hydrogens (tertiary/aromatic N) is 2. The number of ether oxygens (including phenoxy) is 1. The second-order valence-electron chi connectivity index (χ2n) is 10.6. The van der Waals surface area contributed by atoms with Crippen LogP contribution >= 0.6 is 0 Å². The summed E-state index contributed by atoms with van der Waals surface area (Å²) in [5, 5.41) is 15.8. The summed E-state index contributed by atoms with van der Waals surface area (Å²) in [5.74, 6) is -0.997. The Morgan fingerprint density at radius 1 is 1.15 bits per heavy atom. The van der Waals surface area contributed by atoms with Crippen LogP contribution in [0.2, 0.25) is 0 Å². The van der Waals surface area contributed by atoms with Crippen molar-refractivity contribution >= 4 is 28.8 Å². The standard InChI is InChI=1S/C32H38N4O5/c1-4-5-6-10-18-36(3)31(40)34-25(29(37)35-32(16-17-32)30(38)39)15-19-41-28-21-26(23-11-8-7-9-12-23)33-27-20-22(2)13-14-24(27)28/h4,7-9,11-14,20-21,25H,1,5-6,10,15-19H2,2-3H3,(H,34,40)(H,35,37)(H,38,39). The molecule has 0 aliphatic heterocycles. The van der Waals surface area contributed by atoms with E-state index in [0.717, 1.165) is 47.0 Å². The summed E-state index contributed by atoms with van der Waals surface area (Å²) in [6, 6.07) is 16.2. The third-order valence-electron chi connectivity index (χ3n) is 7.30. The number of rotatable bonds is 14. The van der Waals surface area contributed by atoms with Crippen LogP contribution in [0.3, 0.4) is 0 Å². The van der Waals surface area contributed by atoms with Crippen LogP contribution in [0.15, 0.2) is 67.3 Å². The second kappa shape index (κ2) is 13.3. The van der Waals surface area contributed by atoms with E-state index in [1.54, 1.807) is 7.05 Å². The number of amides is 3. The monoisotopic (exact) mass is 558 g/mol. The molecular weight excluding hydrogens is 520 g/mol. The molecule has 1 heterocycles. The number of hydrogen-bond acceptors (Lipinski definition) is 5. The van der Waals surface area contributed by atoms with Gasteiger partial charge in [-0.05, 0) is 56.7 Å². The summed E-state index contributed by atoms with van der Waals surface area (Å²) in [6.45, 7) is 6.35. The number of hydrogen-bond donors (Lipinski definition) is 3. The van der Waals surface area contributed by atoms with Crippen molar-refractivity contribution in [3.63, 3.8) is 0 Å². The lowest BCUT2D eigenvalue weighted by Gasteiger charge is -2.25. The highest BCUT2D eigenvalue weighted by Crippen LogP contribution is 2.35. The number of urea groups is 1. The summed E-state index contributed by atoms with van der Waals surface area (Å²) in [7, 11) is 1.67. The molecule has 1 aromatic heterocycles. The topological polar surface area (TPSA) is 121 Å². The van der Waals surface area contributed by atoms with Crippen LogP contribution in [0.25, 0.3) is 22.2 Å². The highest BCUT2D eigenvalue weighted by molar-refractivity contribution is 5.93. The molecule has 2 aromatic carbocycles. The summed E-state index contributed by atoms with van der Waals surface area (Å²) in [4.78, 5) is 44.2. The molecule has 1 atom stereocenters. The van der Waals surface area contributed by atoms with E-state index in [-0.39, 0.29) is 13.0 Å². The molecule has 1 unspecified atom stereocenters. The quantitative estimate of drug-likeness (QED) is 0.187. The lowest BCUT2D eigenvalue weighted by molar-refractivity contribution is -0.143. The van der Waals surface area contributed by atoms with Crippen molar-refractivity contribution in [2.24, 2.45) is 0 Å². The average molecular weight is 559 g/mol. The van der Waals surface area contributed by atoms with Crippen molar-refractivity contribution in [3.05, 3.63) is 72.8 Å². The first kappa shape index (κ1) is 29.6. The molecule has 0 radical (unpaired) electrons. The number of pyridine rings is 1. The van der Waals surface area contributed by atoms with Gasteiger partial charge in [-0.1, -0.05) is 42.5 Å². The Bertz CT molecular complexity index is 1400. The van der Waals surface area contributed by atoms with E-state index in [0.29, 0.717) is 25.1 Å². The van der Waals surface area contributed by atoms with Gasteiger partial charge in [0.05, 0.1) is 17.8 Å². The van der Waals surface area contributed by atoms with Gasteiger partial charge in [0.2, 0.25) is 5.91 Å². The fourth-order valence-corrected chi connectivity index (χ4v) is 4.58. The minimum Gasteiger partial charge on any atom is -0.493 e. The number of aliphatic carboxylic acids is 1. The van der Waals surface area contributed by atoms with Gasteiger partial charge in [-0.3, -0.25) is 4.79 Å². The third-order valence-corrected chi connectivity index (χ3v) is 7.30. The second-order valence-corrected chi connectivity index (χ2v) is 10.6. The van der Waals surface area contributed by atoms with E-state index in [4.69, 9.17) is 9.72 Å². The normalized spacial score (nSPS) is 14.1. The highest BCUT2D eigenvalue weighted by Gasteiger charge is 2.52. The molecule has 216 valence electrons. The van der Waals surface area contributed by atoms with E-state index in [1.807, 2.05) is 67.6 Å². The molecule has 9 nitrogen and oxygen atoms in total. The first-order chi connectivity index (χ1) is 19.7. The molecule has 3 N–H and O–H groups in total. The van der Waals surface area contributed by atoms with E-state index in [9.17, 15) is 19.5 Å². The number of allylic oxidation sites excluding steroid dienone is 1. The number of unbranched alkanes of at least 4 members (excludes halogenated alkanes) is 2. The van der Waals surface area contributed by atoms with Gasteiger partial charge in [0, 0.05) is 37.0 Å². The summed E-state index contributed by atoms with van der Waals surface area (Å²) in [5.41, 5.74) is 2.31. The Labute approximate surface area is 240 Å². The van der Waals surface area contributed by atoms with Gasteiger partial charge >= 0.3 is 12.0 Å². The average Bonchev–Trinajstić information content (AvgIpc) is 3.75. The van der Waals surface area contributed by atoms with Crippen LogP contribution < -0.4 is 15.4 Å². The Balaban J connectivity index is 1.50. The number of carboxylic acids is 1. The Morgan fingerprint density at radius 3 is 2.59 bits per heavy atom. The number of carboxylic acid groups (broad SMARTS) is 1. The Morgan fingerprint density at radius 2 is 1.90 bits per heavy atom. The van der Waals surface area contributed by atoms with Gasteiger partial charge in [0.25, 0.3) is 0 Å². The fourth-order valence-electron chi connectivity index (χ4n) is 4.58. The van der Waals surface area contributed by atoms with Gasteiger partial charge in [0.15, 0.2) is 0 Å². The zero-order chi connectivity index (χ0) is 29.4. The molecule has 0 saturated heterocycles. The maximum absolute atomic E-state index is 13.2. The van der Waals surface area contributed by atoms with Crippen molar-refractivity contribution in [1.82, 2.24) is 20.5 Å². The lowest BCUT2D eigenvalue weighted by atomic mass is 10.1. The number of carbonyl (C=O) groups is 3. The predicted octanol–water partition coefficient (Wildman–Crippen LogP) is 5.08. The van der Waals surface area contributed by atoms with Crippen molar-refractivity contribution in [2.45, 2.75) is 57.0 Å². The van der Waals surface area contributed by atoms with E-state index < -0.39 is 29.5 Å². The SMILES string of the molecule is C=CCCCCN(C)C(=O)NC(CCOc1cc(-c2ccccc2)nc2cc(C)ccc12)C(=O)NC1(C(=O)O)CC1. The van der Waals surface area contributed by atoms with Crippen molar-refractivity contribution in [1.29, 1.82) is 0 Å². The molecule has 1 aliphatic rings. The molecule has 1 aliphatic carbocycles. The molecule has 0 bridgehead atoms. The fraction of sp³-hybridized carbons (Fsp3) is 0.375. The van der Waals surface area contributed by atoms with Gasteiger partial charge < -0.3 is 25.4 Å². The number of fused-ring (bicyclic) bond motifs is 1. The minimum atomic E-state index is -1.26. The van der Waals surface area contributed by atoms with E-state index >= 15 is 0 Å². The van der Waals surface area contributed by atoms with Gasteiger partial charge in [-0.2, -0.15) is 0 Å². The van der Waals surface area contributed by atoms with Crippen LogP contribution in [0.5, 0.6) is 5.75 Å². The first-order valence-electron chi connectivity index (χ1n) is 14.0. The molecule has 3 amide bonds. The van der Waals surface area contributed by atoms with E-state index in [2.05, 4.69) is 17.2 Å². The largest absolute Gasteiger partial charge is 0.493 e. The van der Waals surface area contributed by atoms with Gasteiger partial charge in [-0.15, -0.1) is 6.58 Å². The number of aromatic nitrogens is 1. The van der Waals surface area contributed by atoms with Crippen molar-refractivity contribution in [3.8, 4) is 17.0 Å². The molecular formula is C32H38N4O5. The first-order valence-corrected chi connectivity index (χ1v) is 14.0. The lowest BCUT2D eigenvalue weighted by Crippen LogP contribution is -2.55. The Hall–Kier alpha value is -4.40. The van der Waals surface area contributed by atoms with Gasteiger partial charge in [0.1, 0.15) is 17.3 Å². The number of carbonyl (C=O) groups excluding carboxylic acids is 2. The van der Waals surface area contributed by atoms with Crippen LogP contribution in [0, 0.1) is 6.92 Å². The smallest absolute Gasteiger partial charge is 0.329 e. The van der Waals surface area contributed by atoms with Crippen LogP contribution in [0.1, 0.15) is 44.1 Å². The maximum Gasteiger partial charge on any atom is 0.329 e. The molecule has 3 aromatic rings. The number of benzene rings is 2. The predicted molar refractivity (Wildman–Crippen MR) is 159 cm³/mol. The Kier molecular flexibility index (Phi) is 9.60. The summed E-state index contributed by atoms with van der Waals surface area (Å²) >= 11 is 0. The molecule has 0 spiro atoms. The summed E-state index contributed by atoms with van der Waals surface area (Å²) < 4.78 is 6.22. The highest BCUT2D eigenvalue weighted by atomic mass is 16.5. The van der Waals surface area contributed by atoms with E-state index in [1.165, 1.54) is 4.90 Å². The molecule has 1 fully saturated rings. The minimum absolute atomic E-state index is 0.114. The van der Waals surface area contributed by atoms with Crippen molar-refractivity contribution in [2.75, 3.05) is 20.2 Å². The molecule has 1 saturated carbocycles. The number of aryl methyl sites for hydroxylation is 1. The molecule has 41 heavy (non-hydrogen) atoms. The molecule has 9 heteroatoms. The van der Waals surface area contributed by atoms with Crippen molar-refractivity contribution < 1.29 is 24.2 Å². The maximum atomic E-state index is 13.2. The zero-order valence-corrected chi connectivity index (χ0v) is 23.7.